The highest BCUT2D eigenvalue weighted by atomic mass is 79.9. The lowest BCUT2D eigenvalue weighted by atomic mass is 10.1. The zero-order valence-electron chi connectivity index (χ0n) is 13.2. The minimum absolute atomic E-state index is 0.0721. The summed E-state index contributed by atoms with van der Waals surface area (Å²) in [5, 5.41) is 14.0. The number of nitro groups is 1. The zero-order valence-corrected chi connectivity index (χ0v) is 17.2. The van der Waals surface area contributed by atoms with Gasteiger partial charge in [0.15, 0.2) is 6.61 Å². The standard InChI is InChI=1S/C16H13Br2ClN2O4/c1-8-5-13(15(18)9(2)16(8)19)25-7-14(22)20-12-4-3-10(21(23)24)6-11(12)17/h3-6H,7H2,1-2H3,(H,20,22). The molecular formula is C16H13Br2ClN2O4. The summed E-state index contributed by atoms with van der Waals surface area (Å²) >= 11 is 12.8. The van der Waals surface area contributed by atoms with Crippen LogP contribution in [0.3, 0.4) is 0 Å². The predicted molar refractivity (Wildman–Crippen MR) is 104 cm³/mol. The number of hydrogen-bond acceptors (Lipinski definition) is 4. The number of benzene rings is 2. The summed E-state index contributed by atoms with van der Waals surface area (Å²) < 4.78 is 6.65. The molecule has 2 aromatic carbocycles. The second-order valence-electron chi connectivity index (χ2n) is 5.20. The van der Waals surface area contributed by atoms with Crippen molar-refractivity contribution in [2.75, 3.05) is 11.9 Å². The monoisotopic (exact) mass is 490 g/mol. The maximum atomic E-state index is 12.1. The third-order valence-corrected chi connectivity index (χ3v) is 5.59. The van der Waals surface area contributed by atoms with Crippen LogP contribution in [0.4, 0.5) is 11.4 Å². The van der Waals surface area contributed by atoms with Gasteiger partial charge in [-0.15, -0.1) is 0 Å². The number of non-ortho nitro benzene ring substituents is 1. The van der Waals surface area contributed by atoms with Gasteiger partial charge in [0.1, 0.15) is 5.75 Å². The molecule has 2 rings (SSSR count). The average molecular weight is 493 g/mol. The van der Waals surface area contributed by atoms with Gasteiger partial charge in [0.25, 0.3) is 11.6 Å². The summed E-state index contributed by atoms with van der Waals surface area (Å²) in [6.45, 7) is 3.48. The fourth-order valence-corrected chi connectivity index (χ4v) is 3.21. The lowest BCUT2D eigenvalue weighted by molar-refractivity contribution is -0.384. The number of carbonyl (C=O) groups is 1. The summed E-state index contributed by atoms with van der Waals surface area (Å²) in [5.74, 6) is 0.115. The van der Waals surface area contributed by atoms with Crippen LogP contribution in [0.5, 0.6) is 5.75 Å². The summed E-state index contributed by atoms with van der Waals surface area (Å²) in [7, 11) is 0. The molecule has 0 bridgehead atoms. The predicted octanol–water partition coefficient (Wildman–Crippen LogP) is 5.41. The second-order valence-corrected chi connectivity index (χ2v) is 7.23. The second kappa shape index (κ2) is 8.16. The number of halogens is 3. The molecule has 6 nitrogen and oxygen atoms in total. The Morgan fingerprint density at radius 3 is 2.60 bits per heavy atom. The molecule has 1 amide bonds. The van der Waals surface area contributed by atoms with E-state index in [1.54, 1.807) is 6.07 Å². The molecule has 9 heteroatoms. The number of carbonyl (C=O) groups excluding carboxylic acids is 1. The molecule has 0 saturated carbocycles. The molecule has 0 radical (unpaired) electrons. The van der Waals surface area contributed by atoms with E-state index in [-0.39, 0.29) is 12.3 Å². The smallest absolute Gasteiger partial charge is 0.270 e. The summed E-state index contributed by atoms with van der Waals surface area (Å²) in [4.78, 5) is 22.3. The van der Waals surface area contributed by atoms with E-state index >= 15 is 0 Å². The molecule has 0 saturated heterocycles. The van der Waals surface area contributed by atoms with Gasteiger partial charge in [-0.3, -0.25) is 14.9 Å². The van der Waals surface area contributed by atoms with Gasteiger partial charge in [0.2, 0.25) is 0 Å². The molecule has 0 atom stereocenters. The number of anilines is 1. The molecule has 0 fully saturated rings. The number of amides is 1. The number of nitrogens with one attached hydrogen (secondary N) is 1. The Balaban J connectivity index is 2.06. The van der Waals surface area contributed by atoms with E-state index in [0.717, 1.165) is 11.1 Å². The summed E-state index contributed by atoms with van der Waals surface area (Å²) in [6.07, 6.45) is 0. The van der Waals surface area contributed by atoms with Gasteiger partial charge in [-0.25, -0.2) is 0 Å². The van der Waals surface area contributed by atoms with Gasteiger partial charge < -0.3 is 10.1 Å². The van der Waals surface area contributed by atoms with Gasteiger partial charge >= 0.3 is 0 Å². The number of nitro benzene ring substituents is 1. The molecule has 0 spiro atoms. The Hall–Kier alpha value is -1.64. The lowest BCUT2D eigenvalue weighted by Gasteiger charge is -2.13. The van der Waals surface area contributed by atoms with Crippen LogP contribution in [0.25, 0.3) is 0 Å². The minimum atomic E-state index is -0.512. The first kappa shape index (κ1) is 19.7. The van der Waals surface area contributed by atoms with Gasteiger partial charge in [0.05, 0.1) is 15.1 Å². The molecule has 0 unspecified atom stereocenters. The van der Waals surface area contributed by atoms with E-state index in [1.807, 2.05) is 13.8 Å². The zero-order chi connectivity index (χ0) is 18.7. The maximum Gasteiger partial charge on any atom is 0.270 e. The molecule has 0 aliphatic carbocycles. The maximum absolute atomic E-state index is 12.1. The van der Waals surface area contributed by atoms with Crippen molar-refractivity contribution >= 4 is 60.7 Å². The van der Waals surface area contributed by atoms with Crippen molar-refractivity contribution in [2.24, 2.45) is 0 Å². The van der Waals surface area contributed by atoms with Crippen molar-refractivity contribution in [3.8, 4) is 5.75 Å². The molecule has 132 valence electrons. The van der Waals surface area contributed by atoms with E-state index in [4.69, 9.17) is 16.3 Å². The normalized spacial score (nSPS) is 10.4. The van der Waals surface area contributed by atoms with E-state index in [1.165, 1.54) is 18.2 Å². The van der Waals surface area contributed by atoms with Crippen molar-refractivity contribution < 1.29 is 14.5 Å². The molecule has 0 heterocycles. The van der Waals surface area contributed by atoms with E-state index in [0.29, 0.717) is 25.4 Å². The first-order chi connectivity index (χ1) is 11.7. The highest BCUT2D eigenvalue weighted by Gasteiger charge is 2.14. The highest BCUT2D eigenvalue weighted by molar-refractivity contribution is 9.11. The van der Waals surface area contributed by atoms with Crippen molar-refractivity contribution in [3.63, 3.8) is 0 Å². The summed E-state index contributed by atoms with van der Waals surface area (Å²) in [6, 6.07) is 5.82. The largest absolute Gasteiger partial charge is 0.483 e. The quantitative estimate of drug-likeness (QED) is 0.447. The van der Waals surface area contributed by atoms with E-state index in [2.05, 4.69) is 37.2 Å². The molecule has 1 N–H and O–H groups in total. The number of aryl methyl sites for hydroxylation is 1. The topological polar surface area (TPSA) is 81.5 Å². The van der Waals surface area contributed by atoms with E-state index < -0.39 is 10.8 Å². The third kappa shape index (κ3) is 4.71. The van der Waals surface area contributed by atoms with Crippen LogP contribution in [0.1, 0.15) is 11.1 Å². The lowest BCUT2D eigenvalue weighted by Crippen LogP contribution is -2.20. The van der Waals surface area contributed by atoms with Crippen molar-refractivity contribution in [1.29, 1.82) is 0 Å². The fourth-order valence-electron chi connectivity index (χ4n) is 2.05. The van der Waals surface area contributed by atoms with Gasteiger partial charge in [0, 0.05) is 21.6 Å². The molecule has 0 aromatic heterocycles. The van der Waals surface area contributed by atoms with Gasteiger partial charge in [-0.2, -0.15) is 0 Å². The van der Waals surface area contributed by atoms with Crippen LogP contribution in [0.2, 0.25) is 5.02 Å². The number of ether oxygens (including phenoxy) is 1. The fraction of sp³-hybridized carbons (Fsp3) is 0.188. The van der Waals surface area contributed by atoms with Crippen LogP contribution < -0.4 is 10.1 Å². The Morgan fingerprint density at radius 2 is 2.00 bits per heavy atom. The van der Waals surface area contributed by atoms with Crippen LogP contribution in [-0.2, 0) is 4.79 Å². The van der Waals surface area contributed by atoms with Crippen molar-refractivity contribution in [2.45, 2.75) is 13.8 Å². The number of rotatable bonds is 5. The van der Waals surface area contributed by atoms with Crippen LogP contribution in [-0.4, -0.2) is 17.4 Å². The Morgan fingerprint density at radius 1 is 1.32 bits per heavy atom. The Kier molecular flexibility index (Phi) is 6.42. The molecular weight excluding hydrogens is 479 g/mol. The Labute approximate surface area is 165 Å². The van der Waals surface area contributed by atoms with E-state index in [9.17, 15) is 14.9 Å². The number of nitrogens with zero attached hydrogens (tertiary/aromatic N) is 1. The molecule has 0 aliphatic heterocycles. The van der Waals surface area contributed by atoms with Crippen LogP contribution in [0, 0.1) is 24.0 Å². The average Bonchev–Trinajstić information content (AvgIpc) is 2.56. The van der Waals surface area contributed by atoms with Crippen molar-refractivity contribution in [1.82, 2.24) is 0 Å². The molecule has 2 aromatic rings. The Bertz CT molecular complexity index is 859. The number of hydrogen-bond donors (Lipinski definition) is 1. The highest BCUT2D eigenvalue weighted by Crippen LogP contribution is 2.35. The third-order valence-electron chi connectivity index (χ3n) is 3.36. The SMILES string of the molecule is Cc1cc(OCC(=O)Nc2ccc([N+](=O)[O-])cc2Br)c(Br)c(C)c1Cl. The first-order valence-electron chi connectivity index (χ1n) is 7.02. The van der Waals surface area contributed by atoms with Gasteiger partial charge in [-0.1, -0.05) is 11.6 Å². The van der Waals surface area contributed by atoms with Crippen LogP contribution in [0.15, 0.2) is 33.2 Å². The van der Waals surface area contributed by atoms with Gasteiger partial charge in [-0.05, 0) is 69.0 Å². The first-order valence-corrected chi connectivity index (χ1v) is 8.99. The minimum Gasteiger partial charge on any atom is -0.483 e. The molecule has 25 heavy (non-hydrogen) atoms. The summed E-state index contributed by atoms with van der Waals surface area (Å²) in [5.41, 5.74) is 2.02. The molecule has 0 aliphatic rings. The van der Waals surface area contributed by atoms with Crippen LogP contribution >= 0.6 is 43.5 Å². The van der Waals surface area contributed by atoms with Crippen molar-refractivity contribution in [3.05, 3.63) is 59.5 Å².